The van der Waals surface area contributed by atoms with Crippen molar-refractivity contribution in [1.82, 2.24) is 14.5 Å². The van der Waals surface area contributed by atoms with Crippen LogP contribution in [0.2, 0.25) is 0 Å². The lowest BCUT2D eigenvalue weighted by Gasteiger charge is -2.14. The van der Waals surface area contributed by atoms with Crippen molar-refractivity contribution in [3.05, 3.63) is 78.1 Å². The van der Waals surface area contributed by atoms with E-state index in [4.69, 9.17) is 4.74 Å². The van der Waals surface area contributed by atoms with Crippen LogP contribution in [0, 0.1) is 0 Å². The summed E-state index contributed by atoms with van der Waals surface area (Å²) in [5.41, 5.74) is 1.17. The van der Waals surface area contributed by atoms with Gasteiger partial charge in [0.15, 0.2) is 5.82 Å². The maximum absolute atomic E-state index is 12.5. The van der Waals surface area contributed by atoms with Crippen molar-refractivity contribution in [2.75, 3.05) is 7.11 Å². The smallest absolute Gasteiger partial charge is 0.229 e. The summed E-state index contributed by atoms with van der Waals surface area (Å²) in [6.07, 6.45) is 5.54. The fraction of sp³-hybridized carbons (Fsp3) is 0.167. The Labute approximate surface area is 139 Å². The van der Waals surface area contributed by atoms with Crippen molar-refractivity contribution >= 4 is 5.78 Å². The van der Waals surface area contributed by atoms with Crippen LogP contribution in [0.4, 0.5) is 0 Å². The van der Waals surface area contributed by atoms with Crippen LogP contribution >= 0.6 is 0 Å². The highest BCUT2D eigenvalue weighted by molar-refractivity contribution is 6.06. The summed E-state index contributed by atoms with van der Waals surface area (Å²) in [4.78, 5) is 20.6. The predicted octanol–water partition coefficient (Wildman–Crippen LogP) is 2.25. The standard InChI is InChI=1S/C18H17N3O3/c1-24-15-6-2-4-13(10-15)16(22)12-21-9-8-20-18(21)17(23)14-5-3-7-19-11-14/h2-11,16,22H,12H2,1H3. The van der Waals surface area contributed by atoms with Gasteiger partial charge in [-0.3, -0.25) is 9.78 Å². The first-order chi connectivity index (χ1) is 11.7. The van der Waals surface area contributed by atoms with Gasteiger partial charge in [-0.25, -0.2) is 4.98 Å². The van der Waals surface area contributed by atoms with E-state index in [0.29, 0.717) is 16.9 Å². The Morgan fingerprint density at radius 2 is 2.17 bits per heavy atom. The van der Waals surface area contributed by atoms with Crippen LogP contribution in [-0.4, -0.2) is 32.5 Å². The normalized spacial score (nSPS) is 11.9. The molecule has 0 aliphatic heterocycles. The lowest BCUT2D eigenvalue weighted by molar-refractivity contribution is 0.101. The summed E-state index contributed by atoms with van der Waals surface area (Å²) in [5, 5.41) is 10.5. The zero-order valence-electron chi connectivity index (χ0n) is 13.2. The molecule has 3 aromatic rings. The third-order valence-electron chi connectivity index (χ3n) is 3.69. The number of imidazole rings is 1. The molecule has 0 saturated carbocycles. The first kappa shape index (κ1) is 15.9. The number of carbonyl (C=O) groups is 1. The molecule has 0 fully saturated rings. The number of hydrogen-bond acceptors (Lipinski definition) is 5. The minimum atomic E-state index is -0.783. The molecule has 0 bridgehead atoms. The average Bonchev–Trinajstić information content (AvgIpc) is 3.10. The Bertz CT molecular complexity index is 830. The quantitative estimate of drug-likeness (QED) is 0.704. The molecule has 0 saturated heterocycles. The largest absolute Gasteiger partial charge is 0.497 e. The number of methoxy groups -OCH3 is 1. The second kappa shape index (κ2) is 7.06. The van der Waals surface area contributed by atoms with Crippen LogP contribution in [0.5, 0.6) is 5.75 Å². The number of benzene rings is 1. The number of aliphatic hydroxyl groups is 1. The summed E-state index contributed by atoms with van der Waals surface area (Å²) < 4.78 is 6.81. The molecule has 2 heterocycles. The monoisotopic (exact) mass is 323 g/mol. The van der Waals surface area contributed by atoms with Gasteiger partial charge in [0.1, 0.15) is 5.75 Å². The summed E-state index contributed by atoms with van der Waals surface area (Å²) in [6, 6.07) is 10.6. The van der Waals surface area contributed by atoms with Gasteiger partial charge in [-0.05, 0) is 29.8 Å². The van der Waals surface area contributed by atoms with E-state index < -0.39 is 6.10 Å². The van der Waals surface area contributed by atoms with Gasteiger partial charge >= 0.3 is 0 Å². The van der Waals surface area contributed by atoms with Gasteiger partial charge in [-0.1, -0.05) is 12.1 Å². The Morgan fingerprint density at radius 3 is 2.92 bits per heavy atom. The molecule has 6 heteroatoms. The van der Waals surface area contributed by atoms with E-state index in [1.807, 2.05) is 18.2 Å². The number of nitrogens with zero attached hydrogens (tertiary/aromatic N) is 3. The molecule has 0 amide bonds. The van der Waals surface area contributed by atoms with E-state index >= 15 is 0 Å². The highest BCUT2D eigenvalue weighted by Gasteiger charge is 2.18. The molecule has 0 aliphatic carbocycles. The molecule has 0 aliphatic rings. The Kier molecular flexibility index (Phi) is 4.67. The van der Waals surface area contributed by atoms with Crippen molar-refractivity contribution in [2.45, 2.75) is 12.6 Å². The van der Waals surface area contributed by atoms with Gasteiger partial charge in [0, 0.05) is 30.4 Å². The average molecular weight is 323 g/mol. The molecule has 1 aromatic carbocycles. The number of ether oxygens (including phenoxy) is 1. The Morgan fingerprint density at radius 1 is 1.29 bits per heavy atom. The zero-order valence-corrected chi connectivity index (χ0v) is 13.2. The van der Waals surface area contributed by atoms with Gasteiger partial charge in [0.2, 0.25) is 5.78 Å². The number of aliphatic hydroxyl groups excluding tert-OH is 1. The zero-order chi connectivity index (χ0) is 16.9. The molecule has 6 nitrogen and oxygen atoms in total. The van der Waals surface area contributed by atoms with Crippen LogP contribution in [-0.2, 0) is 6.54 Å². The molecule has 3 rings (SSSR count). The van der Waals surface area contributed by atoms with Crippen LogP contribution in [0.25, 0.3) is 0 Å². The first-order valence-electron chi connectivity index (χ1n) is 7.47. The first-order valence-corrected chi connectivity index (χ1v) is 7.47. The number of rotatable bonds is 6. The van der Waals surface area contributed by atoms with Crippen LogP contribution in [0.3, 0.4) is 0 Å². The van der Waals surface area contributed by atoms with E-state index in [9.17, 15) is 9.90 Å². The van der Waals surface area contributed by atoms with Crippen molar-refractivity contribution < 1.29 is 14.6 Å². The molecule has 122 valence electrons. The van der Waals surface area contributed by atoms with Crippen molar-refractivity contribution in [3.8, 4) is 5.75 Å². The maximum atomic E-state index is 12.5. The second-order valence-corrected chi connectivity index (χ2v) is 5.27. The van der Waals surface area contributed by atoms with E-state index in [1.54, 1.807) is 48.5 Å². The Balaban J connectivity index is 1.81. The maximum Gasteiger partial charge on any atom is 0.229 e. The van der Waals surface area contributed by atoms with Crippen LogP contribution in [0.15, 0.2) is 61.2 Å². The molecule has 1 unspecified atom stereocenters. The van der Waals surface area contributed by atoms with E-state index in [1.165, 1.54) is 6.20 Å². The summed E-state index contributed by atoms with van der Waals surface area (Å²) >= 11 is 0. The topological polar surface area (TPSA) is 77.2 Å². The highest BCUT2D eigenvalue weighted by atomic mass is 16.5. The third-order valence-corrected chi connectivity index (χ3v) is 3.69. The van der Waals surface area contributed by atoms with Gasteiger partial charge in [0.25, 0.3) is 0 Å². The molecule has 24 heavy (non-hydrogen) atoms. The van der Waals surface area contributed by atoms with Crippen LogP contribution < -0.4 is 4.74 Å². The van der Waals surface area contributed by atoms with Crippen molar-refractivity contribution in [2.24, 2.45) is 0 Å². The predicted molar refractivity (Wildman–Crippen MR) is 87.9 cm³/mol. The number of pyridine rings is 1. The number of hydrogen-bond donors (Lipinski definition) is 1. The summed E-state index contributed by atoms with van der Waals surface area (Å²) in [5.74, 6) is 0.708. The fourth-order valence-electron chi connectivity index (χ4n) is 2.43. The lowest BCUT2D eigenvalue weighted by atomic mass is 10.1. The molecule has 0 spiro atoms. The number of ketones is 1. The fourth-order valence-corrected chi connectivity index (χ4v) is 2.43. The number of carbonyl (C=O) groups excluding carboxylic acids is 1. The molecule has 2 aromatic heterocycles. The number of aromatic nitrogens is 3. The lowest BCUT2D eigenvalue weighted by Crippen LogP contribution is -2.15. The van der Waals surface area contributed by atoms with E-state index in [2.05, 4.69) is 9.97 Å². The Hall–Kier alpha value is -2.99. The van der Waals surface area contributed by atoms with Gasteiger partial charge in [-0.2, -0.15) is 0 Å². The molecular formula is C18H17N3O3. The second-order valence-electron chi connectivity index (χ2n) is 5.27. The van der Waals surface area contributed by atoms with Gasteiger partial charge < -0.3 is 14.4 Å². The molecule has 0 radical (unpaired) electrons. The van der Waals surface area contributed by atoms with Crippen molar-refractivity contribution in [3.63, 3.8) is 0 Å². The summed E-state index contributed by atoms with van der Waals surface area (Å²) in [7, 11) is 1.58. The van der Waals surface area contributed by atoms with E-state index in [0.717, 1.165) is 0 Å². The molecule has 1 N–H and O–H groups in total. The van der Waals surface area contributed by atoms with Crippen molar-refractivity contribution in [1.29, 1.82) is 0 Å². The van der Waals surface area contributed by atoms with Crippen LogP contribution in [0.1, 0.15) is 27.8 Å². The third kappa shape index (κ3) is 3.33. The summed E-state index contributed by atoms with van der Waals surface area (Å²) in [6.45, 7) is 0.217. The molecular weight excluding hydrogens is 306 g/mol. The van der Waals surface area contributed by atoms with E-state index in [-0.39, 0.29) is 18.2 Å². The minimum Gasteiger partial charge on any atom is -0.497 e. The van der Waals surface area contributed by atoms with Gasteiger partial charge in [0.05, 0.1) is 19.8 Å². The highest BCUT2D eigenvalue weighted by Crippen LogP contribution is 2.21. The molecule has 1 atom stereocenters. The minimum absolute atomic E-state index is 0.217. The van der Waals surface area contributed by atoms with Gasteiger partial charge in [-0.15, -0.1) is 0 Å². The SMILES string of the molecule is COc1cccc(C(O)Cn2ccnc2C(=O)c2cccnc2)c1.